The Morgan fingerprint density at radius 3 is 2.42 bits per heavy atom. The number of amides is 2. The zero-order valence-electron chi connectivity index (χ0n) is 21.4. The molecule has 2 heterocycles. The van der Waals surface area contributed by atoms with Gasteiger partial charge in [-0.1, -0.05) is 36.4 Å². The molecule has 8 heteroatoms. The molecule has 0 spiro atoms. The average molecular weight is 512 g/mol. The highest BCUT2D eigenvalue weighted by atomic mass is 16.5. The summed E-state index contributed by atoms with van der Waals surface area (Å²) in [4.78, 5) is 18.9. The summed E-state index contributed by atoms with van der Waals surface area (Å²) in [6, 6.07) is 23.2. The number of fused-ring (bicyclic) bond motifs is 1. The molecule has 1 aliphatic rings. The Bertz CT molecular complexity index is 1330. The van der Waals surface area contributed by atoms with E-state index in [0.29, 0.717) is 19.8 Å². The minimum absolute atomic E-state index is 0.268. The molecular formula is C30H33N5O3. The molecule has 1 aliphatic heterocycles. The molecule has 1 aromatic heterocycles. The van der Waals surface area contributed by atoms with Crippen molar-refractivity contribution in [1.82, 2.24) is 20.5 Å². The SMILES string of the molecule is O=C(NCc1ccncc1)Nc1ccc(OCc2ccc(OCCN3CCNCC3)cc2)c2ccccc12. The van der Waals surface area contributed by atoms with Gasteiger partial charge in [0.2, 0.25) is 0 Å². The molecule has 196 valence electrons. The summed E-state index contributed by atoms with van der Waals surface area (Å²) >= 11 is 0. The van der Waals surface area contributed by atoms with Crippen molar-refractivity contribution in [3.8, 4) is 11.5 Å². The first-order valence-electron chi connectivity index (χ1n) is 13.0. The van der Waals surface area contributed by atoms with Crippen LogP contribution in [-0.4, -0.2) is 55.2 Å². The molecule has 3 N–H and O–H groups in total. The molecule has 0 saturated carbocycles. The smallest absolute Gasteiger partial charge is 0.319 e. The number of nitrogens with zero attached hydrogens (tertiary/aromatic N) is 2. The highest BCUT2D eigenvalue weighted by Gasteiger charge is 2.11. The quantitative estimate of drug-likeness (QED) is 0.292. The zero-order chi connectivity index (χ0) is 26.0. The summed E-state index contributed by atoms with van der Waals surface area (Å²) in [6.07, 6.45) is 3.41. The Hall–Kier alpha value is -4.14. The minimum Gasteiger partial charge on any atom is -0.492 e. The summed E-state index contributed by atoms with van der Waals surface area (Å²) in [5, 5.41) is 11.1. The van der Waals surface area contributed by atoms with Crippen molar-refractivity contribution in [3.05, 3.63) is 96.3 Å². The van der Waals surface area contributed by atoms with Gasteiger partial charge in [0.1, 0.15) is 24.7 Å². The molecule has 0 aliphatic carbocycles. The van der Waals surface area contributed by atoms with Crippen molar-refractivity contribution in [1.29, 1.82) is 0 Å². The summed E-state index contributed by atoms with van der Waals surface area (Å²) in [5.74, 6) is 1.63. The summed E-state index contributed by atoms with van der Waals surface area (Å²) in [7, 11) is 0. The van der Waals surface area contributed by atoms with E-state index in [2.05, 4.69) is 25.8 Å². The Morgan fingerprint density at radius 1 is 0.868 bits per heavy atom. The number of benzene rings is 3. The number of urea groups is 1. The third-order valence-electron chi connectivity index (χ3n) is 6.54. The second-order valence-corrected chi connectivity index (χ2v) is 9.19. The first-order chi connectivity index (χ1) is 18.7. The van der Waals surface area contributed by atoms with Crippen molar-refractivity contribution in [2.24, 2.45) is 0 Å². The molecule has 4 aromatic rings. The van der Waals surface area contributed by atoms with Gasteiger partial charge in [0.15, 0.2) is 0 Å². The first kappa shape index (κ1) is 25.5. The Kier molecular flexibility index (Phi) is 8.66. The lowest BCUT2D eigenvalue weighted by Crippen LogP contribution is -2.44. The number of anilines is 1. The highest BCUT2D eigenvalue weighted by Crippen LogP contribution is 2.32. The predicted octanol–water partition coefficient (Wildman–Crippen LogP) is 4.42. The number of piperazine rings is 1. The molecule has 0 radical (unpaired) electrons. The van der Waals surface area contributed by atoms with E-state index in [4.69, 9.17) is 9.47 Å². The maximum atomic E-state index is 12.5. The summed E-state index contributed by atoms with van der Waals surface area (Å²) in [5.41, 5.74) is 2.77. The van der Waals surface area contributed by atoms with Crippen molar-refractivity contribution in [2.45, 2.75) is 13.2 Å². The normalized spacial score (nSPS) is 13.7. The van der Waals surface area contributed by atoms with Crippen LogP contribution in [0.15, 0.2) is 85.2 Å². The molecule has 0 atom stereocenters. The number of nitrogens with one attached hydrogen (secondary N) is 3. The van der Waals surface area contributed by atoms with Crippen LogP contribution in [0.25, 0.3) is 10.8 Å². The Morgan fingerprint density at radius 2 is 1.63 bits per heavy atom. The molecule has 38 heavy (non-hydrogen) atoms. The van der Waals surface area contributed by atoms with Crippen LogP contribution >= 0.6 is 0 Å². The van der Waals surface area contributed by atoms with Gasteiger partial charge in [0.05, 0.1) is 5.69 Å². The van der Waals surface area contributed by atoms with Crippen LogP contribution in [0.2, 0.25) is 0 Å². The largest absolute Gasteiger partial charge is 0.492 e. The van der Waals surface area contributed by atoms with Crippen molar-refractivity contribution in [2.75, 3.05) is 44.6 Å². The summed E-state index contributed by atoms with van der Waals surface area (Å²) in [6.45, 7) is 6.73. The van der Waals surface area contributed by atoms with Gasteiger partial charge in [-0.15, -0.1) is 0 Å². The van der Waals surface area contributed by atoms with E-state index < -0.39 is 0 Å². The van der Waals surface area contributed by atoms with E-state index >= 15 is 0 Å². The molecule has 1 saturated heterocycles. The number of hydrogen-bond acceptors (Lipinski definition) is 6. The molecule has 3 aromatic carbocycles. The van der Waals surface area contributed by atoms with Gasteiger partial charge >= 0.3 is 6.03 Å². The lowest BCUT2D eigenvalue weighted by molar-refractivity contribution is 0.191. The van der Waals surface area contributed by atoms with Crippen LogP contribution in [0.4, 0.5) is 10.5 Å². The van der Waals surface area contributed by atoms with E-state index in [0.717, 1.165) is 71.8 Å². The number of aromatic nitrogens is 1. The second kappa shape index (κ2) is 12.9. The maximum absolute atomic E-state index is 12.5. The van der Waals surface area contributed by atoms with Gasteiger partial charge in [-0.25, -0.2) is 4.79 Å². The molecular weight excluding hydrogens is 478 g/mol. The average Bonchev–Trinajstić information content (AvgIpc) is 2.97. The Balaban J connectivity index is 1.15. The first-order valence-corrected chi connectivity index (χ1v) is 13.0. The number of rotatable bonds is 10. The van der Waals surface area contributed by atoms with Gasteiger partial charge in [-0.05, 0) is 47.5 Å². The van der Waals surface area contributed by atoms with Gasteiger partial charge in [0.25, 0.3) is 0 Å². The third-order valence-corrected chi connectivity index (χ3v) is 6.54. The lowest BCUT2D eigenvalue weighted by Gasteiger charge is -2.26. The monoisotopic (exact) mass is 511 g/mol. The third kappa shape index (κ3) is 7.00. The van der Waals surface area contributed by atoms with Crippen LogP contribution in [0, 0.1) is 0 Å². The van der Waals surface area contributed by atoms with Crippen LogP contribution in [0.3, 0.4) is 0 Å². The van der Waals surface area contributed by atoms with Gasteiger partial charge < -0.3 is 25.4 Å². The molecule has 0 bridgehead atoms. The Labute approximate surface area is 223 Å². The fourth-order valence-electron chi connectivity index (χ4n) is 4.43. The number of carbonyl (C=O) groups is 1. The fourth-order valence-corrected chi connectivity index (χ4v) is 4.43. The minimum atomic E-state index is -0.268. The molecule has 8 nitrogen and oxygen atoms in total. The number of ether oxygens (including phenoxy) is 2. The highest BCUT2D eigenvalue weighted by molar-refractivity contribution is 6.03. The van der Waals surface area contributed by atoms with E-state index in [1.807, 2.05) is 72.8 Å². The summed E-state index contributed by atoms with van der Waals surface area (Å²) < 4.78 is 12.1. The second-order valence-electron chi connectivity index (χ2n) is 9.19. The fraction of sp³-hybridized carbons (Fsp3) is 0.267. The lowest BCUT2D eigenvalue weighted by atomic mass is 10.1. The standard InChI is InChI=1S/C30H33N5O3/c36-30(33-21-23-11-13-31-14-12-23)34-28-9-10-29(27-4-2-1-3-26(27)28)38-22-24-5-7-25(8-6-24)37-20-19-35-17-15-32-16-18-35/h1-14,32H,15-22H2,(H2,33,34,36). The van der Waals surface area contributed by atoms with E-state index in [-0.39, 0.29) is 6.03 Å². The van der Waals surface area contributed by atoms with Crippen LogP contribution < -0.4 is 25.4 Å². The number of pyridine rings is 1. The molecule has 0 unspecified atom stereocenters. The van der Waals surface area contributed by atoms with Gasteiger partial charge in [-0.3, -0.25) is 9.88 Å². The molecule has 5 rings (SSSR count). The number of hydrogen-bond donors (Lipinski definition) is 3. The molecule has 2 amide bonds. The predicted molar refractivity (Wildman–Crippen MR) is 150 cm³/mol. The number of carbonyl (C=O) groups excluding carboxylic acids is 1. The molecule has 1 fully saturated rings. The van der Waals surface area contributed by atoms with Crippen LogP contribution in [0.1, 0.15) is 11.1 Å². The van der Waals surface area contributed by atoms with E-state index in [9.17, 15) is 4.79 Å². The topological polar surface area (TPSA) is 87.8 Å². The van der Waals surface area contributed by atoms with Crippen LogP contribution in [0.5, 0.6) is 11.5 Å². The maximum Gasteiger partial charge on any atom is 0.319 e. The van der Waals surface area contributed by atoms with Crippen molar-refractivity contribution in [3.63, 3.8) is 0 Å². The van der Waals surface area contributed by atoms with Crippen molar-refractivity contribution >= 4 is 22.5 Å². The van der Waals surface area contributed by atoms with Crippen molar-refractivity contribution < 1.29 is 14.3 Å². The van der Waals surface area contributed by atoms with E-state index in [1.54, 1.807) is 12.4 Å². The van der Waals surface area contributed by atoms with E-state index in [1.165, 1.54) is 0 Å². The van der Waals surface area contributed by atoms with Gasteiger partial charge in [-0.2, -0.15) is 0 Å². The van der Waals surface area contributed by atoms with Gasteiger partial charge in [0, 0.05) is 62.4 Å². The van der Waals surface area contributed by atoms with Crippen LogP contribution in [-0.2, 0) is 13.2 Å². The zero-order valence-corrected chi connectivity index (χ0v) is 21.4.